The van der Waals surface area contributed by atoms with Crippen molar-refractivity contribution in [3.8, 4) is 0 Å². The minimum atomic E-state index is -0.750. The smallest absolute Gasteiger partial charge is 0.140 e. The third-order valence-electron chi connectivity index (χ3n) is 1.34. The summed E-state index contributed by atoms with van der Waals surface area (Å²) >= 11 is 3.46. The van der Waals surface area contributed by atoms with E-state index in [2.05, 4.69) is 41.1 Å². The molecule has 0 unspecified atom stereocenters. The first-order valence-electron chi connectivity index (χ1n) is 3.71. The van der Waals surface area contributed by atoms with Gasteiger partial charge < -0.3 is 10.2 Å². The lowest BCUT2D eigenvalue weighted by Gasteiger charge is -1.96. The van der Waals surface area contributed by atoms with Crippen molar-refractivity contribution in [3.63, 3.8) is 0 Å². The molecule has 2 N–H and O–H groups in total. The van der Waals surface area contributed by atoms with E-state index in [1.807, 2.05) is 6.07 Å². The van der Waals surface area contributed by atoms with Crippen molar-refractivity contribution in [2.45, 2.75) is 13.3 Å². The Hall–Kier alpha value is -0.380. The Bertz CT molecular complexity index is 213. The van der Waals surface area contributed by atoms with Gasteiger partial charge in [0.05, 0.1) is 0 Å². The topological polar surface area (TPSA) is 40.5 Å². The number of aryl methyl sites for hydroxylation is 1. The molecule has 2 nitrogen and oxygen atoms in total. The Balaban J connectivity index is 0.000000354. The Morgan fingerprint density at radius 2 is 1.75 bits per heavy atom. The molecule has 0 bridgehead atoms. The van der Waals surface area contributed by atoms with Gasteiger partial charge in [0.25, 0.3) is 0 Å². The lowest BCUT2D eigenvalue weighted by atomic mass is 10.2. The fourth-order valence-corrected chi connectivity index (χ4v) is 1.35. The summed E-state index contributed by atoms with van der Waals surface area (Å²) in [5.41, 5.74) is 1.37. The van der Waals surface area contributed by atoms with Gasteiger partial charge >= 0.3 is 0 Å². The average Bonchev–Trinajstić information content (AvgIpc) is 2.07. The molecule has 1 aromatic carbocycles. The van der Waals surface area contributed by atoms with Gasteiger partial charge in [-0.25, -0.2) is 0 Å². The molecule has 0 saturated heterocycles. The molecule has 0 aromatic heterocycles. The molecule has 0 fully saturated rings. The van der Waals surface area contributed by atoms with Crippen LogP contribution in [0.5, 0.6) is 0 Å². The predicted molar refractivity (Wildman–Crippen MR) is 52.8 cm³/mol. The summed E-state index contributed by atoms with van der Waals surface area (Å²) in [5, 5.41) is 14.2. The van der Waals surface area contributed by atoms with Gasteiger partial charge in [-0.15, -0.1) is 0 Å². The lowest BCUT2D eigenvalue weighted by Crippen LogP contribution is -1.78. The van der Waals surface area contributed by atoms with E-state index in [4.69, 9.17) is 10.2 Å². The van der Waals surface area contributed by atoms with Gasteiger partial charge in [-0.3, -0.25) is 0 Å². The number of aliphatic hydroxyl groups is 2. The molecule has 12 heavy (non-hydrogen) atoms. The van der Waals surface area contributed by atoms with Crippen LogP contribution < -0.4 is 0 Å². The molecule has 1 rings (SSSR count). The third-order valence-corrected chi connectivity index (χ3v) is 2.11. The second-order valence-corrected chi connectivity index (χ2v) is 2.94. The minimum absolute atomic E-state index is 0.750. The quantitative estimate of drug-likeness (QED) is 0.727. The van der Waals surface area contributed by atoms with Crippen LogP contribution in [0.4, 0.5) is 0 Å². The molecule has 68 valence electrons. The predicted octanol–water partition coefficient (Wildman–Crippen LogP) is 1.94. The highest BCUT2D eigenvalue weighted by Crippen LogP contribution is 2.15. The summed E-state index contributed by atoms with van der Waals surface area (Å²) in [6.45, 7) is 1.40. The summed E-state index contributed by atoms with van der Waals surface area (Å²) in [4.78, 5) is 0. The van der Waals surface area contributed by atoms with Crippen molar-refractivity contribution in [2.75, 3.05) is 6.79 Å². The van der Waals surface area contributed by atoms with Crippen molar-refractivity contribution in [1.82, 2.24) is 0 Å². The highest BCUT2D eigenvalue weighted by Gasteiger charge is 1.91. The van der Waals surface area contributed by atoms with E-state index in [0.29, 0.717) is 0 Å². The van der Waals surface area contributed by atoms with Crippen LogP contribution in [0.1, 0.15) is 12.5 Å². The van der Waals surface area contributed by atoms with Crippen molar-refractivity contribution >= 4 is 15.9 Å². The molecule has 0 radical (unpaired) electrons. The van der Waals surface area contributed by atoms with Crippen LogP contribution in [-0.4, -0.2) is 17.0 Å². The second kappa shape index (κ2) is 7.28. The van der Waals surface area contributed by atoms with Crippen molar-refractivity contribution < 1.29 is 10.2 Å². The van der Waals surface area contributed by atoms with Crippen LogP contribution >= 0.6 is 15.9 Å². The van der Waals surface area contributed by atoms with E-state index in [-0.39, 0.29) is 0 Å². The SMILES string of the molecule is CCc1ccccc1Br.OCO. The van der Waals surface area contributed by atoms with Crippen molar-refractivity contribution in [1.29, 1.82) is 0 Å². The fourth-order valence-electron chi connectivity index (χ4n) is 0.785. The van der Waals surface area contributed by atoms with E-state index in [1.54, 1.807) is 0 Å². The lowest BCUT2D eigenvalue weighted by molar-refractivity contribution is 0.0773. The second-order valence-electron chi connectivity index (χ2n) is 2.09. The summed E-state index contributed by atoms with van der Waals surface area (Å²) in [5.74, 6) is 0. The highest BCUT2D eigenvalue weighted by atomic mass is 79.9. The van der Waals surface area contributed by atoms with E-state index >= 15 is 0 Å². The molecule has 0 aliphatic heterocycles. The first-order valence-corrected chi connectivity index (χ1v) is 4.50. The van der Waals surface area contributed by atoms with Crippen LogP contribution in [0.3, 0.4) is 0 Å². The zero-order valence-electron chi connectivity index (χ0n) is 7.00. The Morgan fingerprint density at radius 3 is 2.08 bits per heavy atom. The molecule has 1 aromatic rings. The number of aliphatic hydroxyl groups excluding tert-OH is 1. The normalized spacial score (nSPS) is 8.67. The van der Waals surface area contributed by atoms with Crippen LogP contribution in [-0.2, 0) is 6.42 Å². The molecule has 3 heteroatoms. The first kappa shape index (κ1) is 11.6. The van der Waals surface area contributed by atoms with Gasteiger partial charge in [0.1, 0.15) is 6.79 Å². The van der Waals surface area contributed by atoms with Gasteiger partial charge in [0.15, 0.2) is 0 Å². The first-order chi connectivity index (χ1) is 5.76. The molecule has 0 spiro atoms. The van der Waals surface area contributed by atoms with E-state index in [1.165, 1.54) is 10.0 Å². The minimum Gasteiger partial charge on any atom is -0.371 e. The Morgan fingerprint density at radius 1 is 1.25 bits per heavy atom. The van der Waals surface area contributed by atoms with Crippen LogP contribution in [0.25, 0.3) is 0 Å². The Labute approximate surface area is 81.0 Å². The van der Waals surface area contributed by atoms with Crippen molar-refractivity contribution in [2.24, 2.45) is 0 Å². The maximum atomic E-state index is 7.12. The van der Waals surface area contributed by atoms with Gasteiger partial charge in [-0.2, -0.15) is 0 Å². The molecule has 0 aliphatic rings. The highest BCUT2D eigenvalue weighted by molar-refractivity contribution is 9.10. The number of hydrogen-bond acceptors (Lipinski definition) is 2. The molecule has 0 saturated carbocycles. The van der Waals surface area contributed by atoms with Gasteiger partial charge in [0.2, 0.25) is 0 Å². The zero-order valence-corrected chi connectivity index (χ0v) is 8.58. The fraction of sp³-hybridized carbons (Fsp3) is 0.333. The maximum absolute atomic E-state index is 7.12. The number of hydrogen-bond donors (Lipinski definition) is 2. The summed E-state index contributed by atoms with van der Waals surface area (Å²) in [6.07, 6.45) is 1.10. The van der Waals surface area contributed by atoms with Crippen molar-refractivity contribution in [3.05, 3.63) is 34.3 Å². The van der Waals surface area contributed by atoms with Crippen LogP contribution in [0.15, 0.2) is 28.7 Å². The molecular formula is C9H13BrO2. The average molecular weight is 233 g/mol. The summed E-state index contributed by atoms with van der Waals surface area (Å²) in [6, 6.07) is 8.29. The number of halogens is 1. The van der Waals surface area contributed by atoms with E-state index in [9.17, 15) is 0 Å². The molecule has 0 heterocycles. The molecular weight excluding hydrogens is 220 g/mol. The monoisotopic (exact) mass is 232 g/mol. The standard InChI is InChI=1S/C8H9Br.CH4O2/c1-2-7-5-3-4-6-8(7)9;2-1-3/h3-6H,2H2,1H3;2-3H,1H2. The van der Waals surface area contributed by atoms with Gasteiger partial charge in [0, 0.05) is 4.47 Å². The summed E-state index contributed by atoms with van der Waals surface area (Å²) < 4.78 is 1.22. The number of benzene rings is 1. The van der Waals surface area contributed by atoms with Crippen LogP contribution in [0.2, 0.25) is 0 Å². The van der Waals surface area contributed by atoms with E-state index in [0.717, 1.165) is 6.42 Å². The third kappa shape index (κ3) is 4.49. The molecule has 0 amide bonds. The molecule has 0 aliphatic carbocycles. The largest absolute Gasteiger partial charge is 0.371 e. The Kier molecular flexibility index (Phi) is 7.05. The number of rotatable bonds is 1. The van der Waals surface area contributed by atoms with Gasteiger partial charge in [-0.05, 0) is 18.1 Å². The summed E-state index contributed by atoms with van der Waals surface area (Å²) in [7, 11) is 0. The van der Waals surface area contributed by atoms with Gasteiger partial charge in [-0.1, -0.05) is 41.1 Å². The van der Waals surface area contributed by atoms with E-state index < -0.39 is 6.79 Å². The molecule has 0 atom stereocenters. The zero-order chi connectivity index (χ0) is 9.40. The maximum Gasteiger partial charge on any atom is 0.140 e. The van der Waals surface area contributed by atoms with Crippen LogP contribution in [0, 0.1) is 0 Å².